The van der Waals surface area contributed by atoms with Crippen LogP contribution >= 0.6 is 11.6 Å². The maximum atomic E-state index is 11.9. The van der Waals surface area contributed by atoms with Gasteiger partial charge in [-0.2, -0.15) is 0 Å². The van der Waals surface area contributed by atoms with Crippen molar-refractivity contribution in [2.24, 2.45) is 0 Å². The highest BCUT2D eigenvalue weighted by molar-refractivity contribution is 6.30. The SMILES string of the molecule is Cc1c(C)c2ccc(OCc3coc(Cc4cccc(Cl)c4)c3)cc2oc1=O. The molecule has 0 saturated carbocycles. The third-order valence-electron chi connectivity index (χ3n) is 4.81. The van der Waals surface area contributed by atoms with E-state index in [-0.39, 0.29) is 5.63 Å². The Morgan fingerprint density at radius 1 is 1.00 bits per heavy atom. The van der Waals surface area contributed by atoms with Crippen LogP contribution in [-0.2, 0) is 13.0 Å². The molecular formula is C23H19ClO4. The van der Waals surface area contributed by atoms with Gasteiger partial charge in [-0.05, 0) is 55.3 Å². The first kappa shape index (κ1) is 18.4. The summed E-state index contributed by atoms with van der Waals surface area (Å²) < 4.78 is 16.9. The average Bonchev–Trinajstić information content (AvgIpc) is 3.12. The van der Waals surface area contributed by atoms with Gasteiger partial charge < -0.3 is 13.6 Å². The number of halogens is 1. The van der Waals surface area contributed by atoms with Crippen molar-refractivity contribution in [1.82, 2.24) is 0 Å². The van der Waals surface area contributed by atoms with Crippen LogP contribution < -0.4 is 10.4 Å². The van der Waals surface area contributed by atoms with Crippen LogP contribution in [0.5, 0.6) is 5.75 Å². The van der Waals surface area contributed by atoms with Crippen molar-refractivity contribution in [3.05, 3.63) is 98.3 Å². The molecule has 5 heteroatoms. The summed E-state index contributed by atoms with van der Waals surface area (Å²) in [7, 11) is 0. The summed E-state index contributed by atoms with van der Waals surface area (Å²) in [6.45, 7) is 4.05. The van der Waals surface area contributed by atoms with Crippen molar-refractivity contribution in [3.63, 3.8) is 0 Å². The first-order valence-electron chi connectivity index (χ1n) is 8.97. The topological polar surface area (TPSA) is 52.6 Å². The van der Waals surface area contributed by atoms with Gasteiger partial charge in [0.15, 0.2) is 0 Å². The number of fused-ring (bicyclic) bond motifs is 1. The summed E-state index contributed by atoms with van der Waals surface area (Å²) >= 11 is 6.03. The zero-order valence-corrected chi connectivity index (χ0v) is 16.4. The Labute approximate surface area is 167 Å². The highest BCUT2D eigenvalue weighted by Crippen LogP contribution is 2.25. The Balaban J connectivity index is 1.47. The van der Waals surface area contributed by atoms with Gasteiger partial charge in [0.1, 0.15) is 23.7 Å². The van der Waals surface area contributed by atoms with Gasteiger partial charge >= 0.3 is 5.63 Å². The van der Waals surface area contributed by atoms with E-state index in [0.717, 1.165) is 27.8 Å². The summed E-state index contributed by atoms with van der Waals surface area (Å²) in [5.74, 6) is 1.48. The Hall–Kier alpha value is -2.98. The Morgan fingerprint density at radius 3 is 2.68 bits per heavy atom. The van der Waals surface area contributed by atoms with Gasteiger partial charge in [-0.3, -0.25) is 0 Å². The number of ether oxygens (including phenoxy) is 1. The van der Waals surface area contributed by atoms with E-state index >= 15 is 0 Å². The highest BCUT2D eigenvalue weighted by Gasteiger charge is 2.09. The fraction of sp³-hybridized carbons (Fsp3) is 0.174. The van der Waals surface area contributed by atoms with E-state index in [1.165, 1.54) is 0 Å². The van der Waals surface area contributed by atoms with E-state index in [4.69, 9.17) is 25.2 Å². The number of hydrogen-bond donors (Lipinski definition) is 0. The van der Waals surface area contributed by atoms with Crippen LogP contribution in [0.3, 0.4) is 0 Å². The lowest BCUT2D eigenvalue weighted by atomic mass is 10.1. The van der Waals surface area contributed by atoms with Crippen molar-refractivity contribution in [3.8, 4) is 5.75 Å². The van der Waals surface area contributed by atoms with E-state index in [1.807, 2.05) is 49.4 Å². The molecule has 4 nitrogen and oxygen atoms in total. The number of rotatable bonds is 5. The summed E-state index contributed by atoms with van der Waals surface area (Å²) in [6, 6.07) is 15.2. The predicted molar refractivity (Wildman–Crippen MR) is 109 cm³/mol. The van der Waals surface area contributed by atoms with Crippen molar-refractivity contribution < 1.29 is 13.6 Å². The number of hydrogen-bond acceptors (Lipinski definition) is 4. The molecule has 0 spiro atoms. The first-order chi connectivity index (χ1) is 13.5. The van der Waals surface area contributed by atoms with Crippen LogP contribution in [0.25, 0.3) is 11.0 Å². The summed E-state index contributed by atoms with van der Waals surface area (Å²) in [4.78, 5) is 11.9. The van der Waals surface area contributed by atoms with Crippen molar-refractivity contribution in [2.45, 2.75) is 26.9 Å². The lowest BCUT2D eigenvalue weighted by Gasteiger charge is -2.07. The standard InChI is InChI=1S/C23H19ClO4/c1-14-15(2)23(25)28-22-11-19(6-7-21(14)22)26-12-17-10-20(27-13-17)9-16-4-3-5-18(24)8-16/h3-8,10-11,13H,9,12H2,1-2H3. The molecule has 2 aromatic heterocycles. The van der Waals surface area contributed by atoms with Gasteiger partial charge in [0, 0.05) is 34.0 Å². The monoisotopic (exact) mass is 394 g/mol. The molecule has 0 aliphatic rings. The summed E-state index contributed by atoms with van der Waals surface area (Å²) in [6.07, 6.45) is 2.36. The van der Waals surface area contributed by atoms with E-state index in [2.05, 4.69) is 0 Å². The van der Waals surface area contributed by atoms with Gasteiger partial charge in [-0.25, -0.2) is 4.79 Å². The molecule has 4 aromatic rings. The van der Waals surface area contributed by atoms with Crippen LogP contribution in [0, 0.1) is 13.8 Å². The lowest BCUT2D eigenvalue weighted by Crippen LogP contribution is -2.05. The molecule has 0 bridgehead atoms. The molecule has 2 aromatic carbocycles. The molecule has 142 valence electrons. The molecule has 2 heterocycles. The van der Waals surface area contributed by atoms with Crippen molar-refractivity contribution in [1.29, 1.82) is 0 Å². The molecule has 0 atom stereocenters. The number of furan rings is 1. The molecule has 0 N–H and O–H groups in total. The molecule has 28 heavy (non-hydrogen) atoms. The molecule has 0 aliphatic carbocycles. The Kier molecular flexibility index (Phi) is 4.97. The molecular weight excluding hydrogens is 376 g/mol. The third kappa shape index (κ3) is 3.82. The van der Waals surface area contributed by atoms with Crippen molar-refractivity contribution in [2.75, 3.05) is 0 Å². The van der Waals surface area contributed by atoms with Crippen LogP contribution in [0.4, 0.5) is 0 Å². The van der Waals surface area contributed by atoms with E-state index in [9.17, 15) is 4.79 Å². The molecule has 0 radical (unpaired) electrons. The largest absolute Gasteiger partial charge is 0.489 e. The minimum Gasteiger partial charge on any atom is -0.489 e. The van der Waals surface area contributed by atoms with Crippen LogP contribution in [-0.4, -0.2) is 0 Å². The summed E-state index contributed by atoms with van der Waals surface area (Å²) in [5, 5.41) is 1.62. The molecule has 0 aliphatic heterocycles. The molecule has 4 rings (SSSR count). The zero-order valence-electron chi connectivity index (χ0n) is 15.6. The van der Waals surface area contributed by atoms with Gasteiger partial charge in [0.25, 0.3) is 0 Å². The van der Waals surface area contributed by atoms with Crippen LogP contribution in [0.15, 0.2) is 68.4 Å². The van der Waals surface area contributed by atoms with E-state index < -0.39 is 0 Å². The van der Waals surface area contributed by atoms with Crippen LogP contribution in [0.1, 0.15) is 28.0 Å². The minimum absolute atomic E-state index is 0.317. The molecule has 0 unspecified atom stereocenters. The molecule has 0 amide bonds. The first-order valence-corrected chi connectivity index (χ1v) is 9.35. The summed E-state index contributed by atoms with van der Waals surface area (Å²) in [5.41, 5.74) is 3.79. The quantitative estimate of drug-likeness (QED) is 0.400. The van der Waals surface area contributed by atoms with Gasteiger partial charge in [-0.15, -0.1) is 0 Å². The smallest absolute Gasteiger partial charge is 0.339 e. The predicted octanol–water partition coefficient (Wildman–Crippen LogP) is 5.83. The minimum atomic E-state index is -0.317. The van der Waals surface area contributed by atoms with Gasteiger partial charge in [0.05, 0.1) is 6.26 Å². The second kappa shape index (κ2) is 7.56. The fourth-order valence-corrected chi connectivity index (χ4v) is 3.34. The van der Waals surface area contributed by atoms with Crippen LogP contribution in [0.2, 0.25) is 5.02 Å². The second-order valence-electron chi connectivity index (χ2n) is 6.81. The third-order valence-corrected chi connectivity index (χ3v) is 5.04. The van der Waals surface area contributed by atoms with E-state index in [0.29, 0.717) is 34.9 Å². The fourth-order valence-electron chi connectivity index (χ4n) is 3.13. The van der Waals surface area contributed by atoms with Gasteiger partial charge in [0.2, 0.25) is 0 Å². The normalized spacial score (nSPS) is 11.1. The lowest BCUT2D eigenvalue weighted by molar-refractivity contribution is 0.304. The molecule has 0 fully saturated rings. The molecule has 0 saturated heterocycles. The maximum Gasteiger partial charge on any atom is 0.339 e. The zero-order chi connectivity index (χ0) is 19.7. The Bertz CT molecular complexity index is 1200. The second-order valence-corrected chi connectivity index (χ2v) is 7.25. The van der Waals surface area contributed by atoms with E-state index in [1.54, 1.807) is 19.3 Å². The number of benzene rings is 2. The average molecular weight is 395 g/mol. The Morgan fingerprint density at radius 2 is 1.86 bits per heavy atom. The highest BCUT2D eigenvalue weighted by atomic mass is 35.5. The number of aryl methyl sites for hydroxylation is 1. The van der Waals surface area contributed by atoms with Gasteiger partial charge in [-0.1, -0.05) is 23.7 Å². The maximum absolute atomic E-state index is 11.9. The van der Waals surface area contributed by atoms with Crippen molar-refractivity contribution >= 4 is 22.6 Å².